The van der Waals surface area contributed by atoms with Crippen molar-refractivity contribution in [2.24, 2.45) is 0 Å². The van der Waals surface area contributed by atoms with Gasteiger partial charge in [0.1, 0.15) is 23.4 Å². The van der Waals surface area contributed by atoms with Crippen LogP contribution in [0.4, 0.5) is 17.3 Å². The second-order valence-electron chi connectivity index (χ2n) is 9.48. The van der Waals surface area contributed by atoms with Crippen LogP contribution in [-0.4, -0.2) is 96.4 Å². The zero-order chi connectivity index (χ0) is 26.6. The van der Waals surface area contributed by atoms with Crippen molar-refractivity contribution in [3.05, 3.63) is 41.2 Å². The van der Waals surface area contributed by atoms with Gasteiger partial charge in [0, 0.05) is 58.2 Å². The van der Waals surface area contributed by atoms with E-state index in [1.807, 2.05) is 11.9 Å². The number of aldehydes is 1. The number of pyridine rings is 2. The summed E-state index contributed by atoms with van der Waals surface area (Å²) in [6.45, 7) is 2.56. The van der Waals surface area contributed by atoms with Crippen LogP contribution in [0.1, 0.15) is 34.5 Å². The van der Waals surface area contributed by atoms with Crippen molar-refractivity contribution < 1.29 is 19.4 Å². The molecule has 1 aliphatic carbocycles. The van der Waals surface area contributed by atoms with E-state index in [2.05, 4.69) is 26.7 Å². The number of likely N-dealkylation sites (N-methyl/N-ethyl adjacent to an activating group) is 1. The minimum absolute atomic E-state index is 0.00436. The maximum Gasteiger partial charge on any atom is 0.237 e. The van der Waals surface area contributed by atoms with Crippen LogP contribution in [0.25, 0.3) is 0 Å². The number of amides is 1. The lowest BCUT2D eigenvalue weighted by Crippen LogP contribution is -2.48. The smallest absolute Gasteiger partial charge is 0.237 e. The highest BCUT2D eigenvalue weighted by atomic mass is 16.5. The summed E-state index contributed by atoms with van der Waals surface area (Å²) in [6, 6.07) is 7.20. The van der Waals surface area contributed by atoms with E-state index in [1.54, 1.807) is 37.3 Å². The van der Waals surface area contributed by atoms with Gasteiger partial charge in [0.25, 0.3) is 0 Å². The summed E-state index contributed by atoms with van der Waals surface area (Å²) < 4.78 is 5.52. The lowest BCUT2D eigenvalue weighted by atomic mass is 10.1. The fraction of sp³-hybridized carbons (Fsp3) is 0.480. The molecule has 1 aliphatic heterocycles. The third kappa shape index (κ3) is 6.14. The molecule has 1 atom stereocenters. The molecule has 196 valence electrons. The molecular weight excluding hydrogens is 476 g/mol. The maximum atomic E-state index is 12.3. The molecule has 1 amide bonds. The SMILES string of the molecule is COC1(CNc2cc(NC(O)N(C)c3ccc(CN4CCN(C)CC4=O)c(C=O)n3)ncc2C#N)CC1. The number of nitriles is 1. The zero-order valence-corrected chi connectivity index (χ0v) is 21.3. The van der Waals surface area contributed by atoms with Gasteiger partial charge < -0.3 is 30.3 Å². The standard InChI is InChI=1S/C25H32N8O4/c1-31-8-9-33(23(35)14-31)13-17-4-5-22(29-20(17)15-34)32(2)24(36)30-21-10-19(18(11-26)12-27-21)28-16-25(37-3)6-7-25/h4-5,10,12,15,24,36H,6-9,13-14,16H2,1-3H3,(H2,27,28,30). The van der Waals surface area contributed by atoms with Crippen LogP contribution in [0.2, 0.25) is 0 Å². The second-order valence-corrected chi connectivity index (χ2v) is 9.48. The Morgan fingerprint density at radius 2 is 2.16 bits per heavy atom. The highest BCUT2D eigenvalue weighted by molar-refractivity contribution is 5.80. The molecule has 37 heavy (non-hydrogen) atoms. The predicted molar refractivity (Wildman–Crippen MR) is 137 cm³/mol. The molecule has 2 aromatic rings. The Balaban J connectivity index is 1.43. The lowest BCUT2D eigenvalue weighted by Gasteiger charge is -2.32. The Kier molecular flexibility index (Phi) is 7.87. The van der Waals surface area contributed by atoms with E-state index in [1.165, 1.54) is 11.1 Å². The number of hydrogen-bond donors (Lipinski definition) is 3. The summed E-state index contributed by atoms with van der Waals surface area (Å²) in [7, 11) is 5.19. The van der Waals surface area contributed by atoms with Crippen molar-refractivity contribution in [1.82, 2.24) is 19.8 Å². The number of carbonyl (C=O) groups is 2. The van der Waals surface area contributed by atoms with E-state index in [4.69, 9.17) is 4.74 Å². The summed E-state index contributed by atoms with van der Waals surface area (Å²) in [4.78, 5) is 37.8. The summed E-state index contributed by atoms with van der Waals surface area (Å²) in [5.74, 6) is 0.715. The molecule has 4 rings (SSSR count). The first-order chi connectivity index (χ1) is 17.8. The van der Waals surface area contributed by atoms with Crippen LogP contribution in [0.5, 0.6) is 0 Å². The minimum Gasteiger partial charge on any atom is -0.381 e. The number of anilines is 3. The minimum atomic E-state index is -1.22. The average molecular weight is 509 g/mol. The normalized spacial score (nSPS) is 17.6. The number of carbonyl (C=O) groups excluding carboxylic acids is 2. The highest BCUT2D eigenvalue weighted by Crippen LogP contribution is 2.39. The Morgan fingerprint density at radius 1 is 1.38 bits per heavy atom. The molecular formula is C25H32N8O4. The number of nitrogens with one attached hydrogen (secondary N) is 2. The fourth-order valence-electron chi connectivity index (χ4n) is 4.10. The number of aliphatic hydroxyl groups excluding tert-OH is 1. The molecule has 1 saturated carbocycles. The van der Waals surface area contributed by atoms with Gasteiger partial charge in [0.2, 0.25) is 12.3 Å². The van der Waals surface area contributed by atoms with Gasteiger partial charge in [-0.25, -0.2) is 9.97 Å². The third-order valence-corrected chi connectivity index (χ3v) is 6.85. The van der Waals surface area contributed by atoms with E-state index in [9.17, 15) is 20.0 Å². The first-order valence-electron chi connectivity index (χ1n) is 12.1. The fourth-order valence-corrected chi connectivity index (χ4v) is 4.10. The lowest BCUT2D eigenvalue weighted by molar-refractivity contribution is -0.136. The molecule has 0 radical (unpaired) electrons. The van der Waals surface area contributed by atoms with E-state index in [-0.39, 0.29) is 17.2 Å². The number of ether oxygens (including phenoxy) is 1. The molecule has 0 bridgehead atoms. The van der Waals surface area contributed by atoms with Gasteiger partial charge in [0.05, 0.1) is 23.4 Å². The molecule has 3 heterocycles. The molecule has 2 fully saturated rings. The van der Waals surface area contributed by atoms with Crippen LogP contribution < -0.4 is 15.5 Å². The molecule has 3 N–H and O–H groups in total. The molecule has 2 aliphatic rings. The van der Waals surface area contributed by atoms with Crippen molar-refractivity contribution in [3.63, 3.8) is 0 Å². The Morgan fingerprint density at radius 3 is 2.81 bits per heavy atom. The summed E-state index contributed by atoms with van der Waals surface area (Å²) >= 11 is 0. The molecule has 1 saturated heterocycles. The van der Waals surface area contributed by atoms with Gasteiger partial charge in [-0.05, 0) is 26.0 Å². The average Bonchev–Trinajstić information content (AvgIpc) is 3.69. The van der Waals surface area contributed by atoms with Crippen molar-refractivity contribution >= 4 is 29.5 Å². The number of piperazine rings is 1. The van der Waals surface area contributed by atoms with Gasteiger partial charge in [0.15, 0.2) is 6.29 Å². The van der Waals surface area contributed by atoms with Gasteiger partial charge in [-0.3, -0.25) is 14.5 Å². The molecule has 12 nitrogen and oxygen atoms in total. The van der Waals surface area contributed by atoms with Crippen LogP contribution in [0.15, 0.2) is 24.4 Å². The number of rotatable bonds is 11. The topological polar surface area (TPSA) is 147 Å². The summed E-state index contributed by atoms with van der Waals surface area (Å²) in [6.07, 6.45) is 2.77. The van der Waals surface area contributed by atoms with Crippen LogP contribution in [-0.2, 0) is 16.1 Å². The van der Waals surface area contributed by atoms with E-state index >= 15 is 0 Å². The first kappa shape index (κ1) is 26.3. The number of aromatic nitrogens is 2. The number of hydrogen-bond acceptors (Lipinski definition) is 11. The monoisotopic (exact) mass is 508 g/mol. The van der Waals surface area contributed by atoms with Gasteiger partial charge >= 0.3 is 0 Å². The predicted octanol–water partition coefficient (Wildman–Crippen LogP) is 0.850. The summed E-state index contributed by atoms with van der Waals surface area (Å²) in [5.41, 5.74) is 1.61. The molecule has 2 aromatic heterocycles. The third-order valence-electron chi connectivity index (χ3n) is 6.85. The first-order valence-corrected chi connectivity index (χ1v) is 12.1. The maximum absolute atomic E-state index is 12.3. The van der Waals surface area contributed by atoms with Gasteiger partial charge in [-0.1, -0.05) is 6.07 Å². The Hall–Kier alpha value is -3.79. The second kappa shape index (κ2) is 11.1. The van der Waals surface area contributed by atoms with E-state index in [0.29, 0.717) is 60.9 Å². The zero-order valence-electron chi connectivity index (χ0n) is 21.3. The molecule has 12 heteroatoms. The van der Waals surface area contributed by atoms with Gasteiger partial charge in [-0.15, -0.1) is 0 Å². The summed E-state index contributed by atoms with van der Waals surface area (Å²) in [5, 5.41) is 26.4. The largest absolute Gasteiger partial charge is 0.381 e. The molecule has 0 aromatic carbocycles. The molecule has 0 spiro atoms. The van der Waals surface area contributed by atoms with Crippen LogP contribution in [0.3, 0.4) is 0 Å². The Bertz CT molecular complexity index is 1200. The number of aliphatic hydroxyl groups is 1. The van der Waals surface area contributed by atoms with Crippen molar-refractivity contribution in [2.75, 3.05) is 62.9 Å². The number of nitrogens with zero attached hydrogens (tertiary/aromatic N) is 6. The van der Waals surface area contributed by atoms with Crippen LogP contribution >= 0.6 is 0 Å². The van der Waals surface area contributed by atoms with Crippen LogP contribution in [0, 0.1) is 11.3 Å². The Labute approximate surface area is 215 Å². The quantitative estimate of drug-likeness (QED) is 0.293. The number of methoxy groups -OCH3 is 1. The van der Waals surface area contributed by atoms with Crippen molar-refractivity contribution in [1.29, 1.82) is 5.26 Å². The highest BCUT2D eigenvalue weighted by Gasteiger charge is 2.42. The van der Waals surface area contributed by atoms with Crippen molar-refractivity contribution in [2.45, 2.75) is 31.3 Å². The van der Waals surface area contributed by atoms with E-state index in [0.717, 1.165) is 19.4 Å². The van der Waals surface area contributed by atoms with Gasteiger partial charge in [-0.2, -0.15) is 5.26 Å². The van der Waals surface area contributed by atoms with E-state index < -0.39 is 6.35 Å². The van der Waals surface area contributed by atoms with Crippen molar-refractivity contribution in [3.8, 4) is 6.07 Å². The molecule has 1 unspecified atom stereocenters.